The van der Waals surface area contributed by atoms with Crippen molar-refractivity contribution in [1.82, 2.24) is 5.32 Å². The number of rotatable bonds is 6. The zero-order valence-corrected chi connectivity index (χ0v) is 11.7. The van der Waals surface area contributed by atoms with Crippen molar-refractivity contribution in [2.45, 2.75) is 33.2 Å². The molecule has 1 atom stereocenters. The van der Waals surface area contributed by atoms with E-state index in [0.717, 1.165) is 11.3 Å². The molecule has 102 valence electrons. The van der Waals surface area contributed by atoms with Gasteiger partial charge in [0.25, 0.3) is 0 Å². The van der Waals surface area contributed by atoms with Crippen molar-refractivity contribution in [3.8, 4) is 6.07 Å². The van der Waals surface area contributed by atoms with Crippen LogP contribution in [0.3, 0.4) is 0 Å². The normalized spacial score (nSPS) is 11.7. The van der Waals surface area contributed by atoms with E-state index in [4.69, 9.17) is 5.26 Å². The Kier molecular flexibility index (Phi) is 5.87. The summed E-state index contributed by atoms with van der Waals surface area (Å²) in [5.74, 6) is 0.441. The van der Waals surface area contributed by atoms with E-state index >= 15 is 0 Å². The molecule has 0 aliphatic carbocycles. The van der Waals surface area contributed by atoms with Gasteiger partial charge in [-0.25, -0.2) is 0 Å². The number of anilines is 1. The number of nitrogens with zero attached hydrogens (tertiary/aromatic N) is 1. The number of amides is 1. The fourth-order valence-corrected chi connectivity index (χ4v) is 1.58. The highest BCUT2D eigenvalue weighted by Gasteiger charge is 2.12. The van der Waals surface area contributed by atoms with Crippen LogP contribution in [0.25, 0.3) is 0 Å². The van der Waals surface area contributed by atoms with Crippen molar-refractivity contribution in [2.75, 3.05) is 11.9 Å². The van der Waals surface area contributed by atoms with Crippen LogP contribution in [-0.2, 0) is 11.2 Å². The van der Waals surface area contributed by atoms with E-state index in [1.165, 1.54) is 0 Å². The van der Waals surface area contributed by atoms with E-state index in [9.17, 15) is 4.79 Å². The second kappa shape index (κ2) is 7.42. The molecule has 0 radical (unpaired) electrons. The van der Waals surface area contributed by atoms with Gasteiger partial charge in [-0.3, -0.25) is 4.79 Å². The van der Waals surface area contributed by atoms with Crippen molar-refractivity contribution in [3.63, 3.8) is 0 Å². The van der Waals surface area contributed by atoms with Gasteiger partial charge in [-0.1, -0.05) is 26.0 Å². The number of hydrogen-bond acceptors (Lipinski definition) is 3. The van der Waals surface area contributed by atoms with E-state index in [1.54, 1.807) is 0 Å². The molecule has 4 nitrogen and oxygen atoms in total. The third-order valence-corrected chi connectivity index (χ3v) is 2.70. The quantitative estimate of drug-likeness (QED) is 0.824. The van der Waals surface area contributed by atoms with Crippen LogP contribution in [-0.4, -0.2) is 18.5 Å². The number of carbonyl (C=O) groups excluding carboxylic acids is 1. The summed E-state index contributed by atoms with van der Waals surface area (Å²) in [7, 11) is 0. The minimum absolute atomic E-state index is 0.00481. The molecule has 0 saturated heterocycles. The van der Waals surface area contributed by atoms with Crippen LogP contribution in [0.2, 0.25) is 0 Å². The van der Waals surface area contributed by atoms with Gasteiger partial charge in [0.2, 0.25) is 5.91 Å². The van der Waals surface area contributed by atoms with Gasteiger partial charge >= 0.3 is 0 Å². The lowest BCUT2D eigenvalue weighted by Crippen LogP contribution is -2.39. The van der Waals surface area contributed by atoms with Gasteiger partial charge in [0.1, 0.15) is 6.04 Å². The Balaban J connectivity index is 2.49. The first-order chi connectivity index (χ1) is 9.02. The maximum Gasteiger partial charge on any atom is 0.242 e. The van der Waals surface area contributed by atoms with E-state index in [0.29, 0.717) is 18.9 Å². The van der Waals surface area contributed by atoms with Crippen LogP contribution in [0.4, 0.5) is 5.69 Å². The summed E-state index contributed by atoms with van der Waals surface area (Å²) >= 11 is 0. The van der Waals surface area contributed by atoms with Crippen molar-refractivity contribution in [1.29, 1.82) is 5.26 Å². The first-order valence-electron chi connectivity index (χ1n) is 6.53. The largest absolute Gasteiger partial charge is 0.374 e. The Hall–Kier alpha value is -2.02. The number of hydrogen-bond donors (Lipinski definition) is 2. The molecule has 1 aromatic carbocycles. The molecule has 0 aliphatic rings. The van der Waals surface area contributed by atoms with Crippen LogP contribution in [0.1, 0.15) is 26.3 Å². The minimum Gasteiger partial charge on any atom is -0.374 e. The lowest BCUT2D eigenvalue weighted by molar-refractivity contribution is -0.121. The highest BCUT2D eigenvalue weighted by atomic mass is 16.2. The summed E-state index contributed by atoms with van der Waals surface area (Å²) in [6.07, 6.45) is 0.407. The van der Waals surface area contributed by atoms with Gasteiger partial charge in [0.05, 0.1) is 12.5 Å². The van der Waals surface area contributed by atoms with Crippen LogP contribution >= 0.6 is 0 Å². The van der Waals surface area contributed by atoms with Gasteiger partial charge < -0.3 is 10.6 Å². The number of benzene rings is 1. The molecule has 2 N–H and O–H groups in total. The molecule has 0 saturated carbocycles. The maximum absolute atomic E-state index is 11.8. The van der Waals surface area contributed by atoms with Crippen LogP contribution in [0, 0.1) is 17.2 Å². The second-order valence-corrected chi connectivity index (χ2v) is 5.04. The summed E-state index contributed by atoms with van der Waals surface area (Å²) in [6.45, 7) is 6.64. The lowest BCUT2D eigenvalue weighted by Gasteiger charge is -2.16. The number of carbonyl (C=O) groups is 1. The molecule has 0 bridgehead atoms. The van der Waals surface area contributed by atoms with Gasteiger partial charge in [0.15, 0.2) is 0 Å². The lowest BCUT2D eigenvalue weighted by atomic mass is 10.1. The van der Waals surface area contributed by atoms with Crippen molar-refractivity contribution in [2.24, 2.45) is 5.92 Å². The highest BCUT2D eigenvalue weighted by molar-refractivity contribution is 5.84. The summed E-state index contributed by atoms with van der Waals surface area (Å²) in [4.78, 5) is 11.8. The first-order valence-corrected chi connectivity index (χ1v) is 6.53. The monoisotopic (exact) mass is 259 g/mol. The van der Waals surface area contributed by atoms with E-state index in [2.05, 4.69) is 30.6 Å². The molecule has 1 amide bonds. The third-order valence-electron chi connectivity index (χ3n) is 2.70. The van der Waals surface area contributed by atoms with Crippen molar-refractivity contribution in [3.05, 3.63) is 29.8 Å². The maximum atomic E-state index is 11.8. The summed E-state index contributed by atoms with van der Waals surface area (Å²) in [5.41, 5.74) is 1.86. The van der Waals surface area contributed by atoms with E-state index in [1.807, 2.05) is 31.2 Å². The van der Waals surface area contributed by atoms with Gasteiger partial charge in [-0.2, -0.15) is 5.26 Å². The molecule has 4 heteroatoms. The molecule has 0 fully saturated rings. The average Bonchev–Trinajstić information content (AvgIpc) is 2.38. The topological polar surface area (TPSA) is 64.9 Å². The molecule has 19 heavy (non-hydrogen) atoms. The van der Waals surface area contributed by atoms with E-state index in [-0.39, 0.29) is 11.9 Å². The Morgan fingerprint density at radius 2 is 1.89 bits per heavy atom. The van der Waals surface area contributed by atoms with Gasteiger partial charge in [-0.15, -0.1) is 0 Å². The third kappa shape index (κ3) is 5.43. The van der Waals surface area contributed by atoms with Gasteiger partial charge in [0, 0.05) is 12.2 Å². The summed E-state index contributed by atoms with van der Waals surface area (Å²) in [6, 6.07) is 9.39. The standard InChI is InChI=1S/C15H21N3O/c1-11(2)10-17-15(19)12(3)18-14-6-4-13(5-7-14)8-9-16/h4-7,11-12,18H,8,10H2,1-3H3,(H,17,19). The second-order valence-electron chi connectivity index (χ2n) is 5.04. The number of nitriles is 1. The Bertz CT molecular complexity index is 445. The zero-order chi connectivity index (χ0) is 14.3. The fraction of sp³-hybridized carbons (Fsp3) is 0.467. The SMILES string of the molecule is CC(C)CNC(=O)C(C)Nc1ccc(CC#N)cc1. The summed E-state index contributed by atoms with van der Waals surface area (Å²) in [5, 5.41) is 14.6. The van der Waals surface area contributed by atoms with Crippen LogP contribution < -0.4 is 10.6 Å². The molecular weight excluding hydrogens is 238 g/mol. The minimum atomic E-state index is -0.277. The molecule has 0 spiro atoms. The molecule has 0 aromatic heterocycles. The fourth-order valence-electron chi connectivity index (χ4n) is 1.58. The average molecular weight is 259 g/mol. The zero-order valence-electron chi connectivity index (χ0n) is 11.7. The predicted octanol–water partition coefficient (Wildman–Crippen LogP) is 2.33. The summed E-state index contributed by atoms with van der Waals surface area (Å²) < 4.78 is 0. The van der Waals surface area contributed by atoms with Crippen molar-refractivity contribution >= 4 is 11.6 Å². The predicted molar refractivity (Wildman–Crippen MR) is 76.7 cm³/mol. The first kappa shape index (κ1) is 15.0. The Morgan fingerprint density at radius 3 is 2.42 bits per heavy atom. The molecule has 0 aliphatic heterocycles. The van der Waals surface area contributed by atoms with Crippen LogP contribution in [0.5, 0.6) is 0 Å². The molecule has 1 rings (SSSR count). The molecule has 1 unspecified atom stereocenters. The number of nitrogens with one attached hydrogen (secondary N) is 2. The molecule has 0 heterocycles. The smallest absolute Gasteiger partial charge is 0.242 e. The van der Waals surface area contributed by atoms with E-state index < -0.39 is 0 Å². The highest BCUT2D eigenvalue weighted by Crippen LogP contribution is 2.11. The molecule has 1 aromatic rings. The van der Waals surface area contributed by atoms with Crippen molar-refractivity contribution < 1.29 is 4.79 Å². The Labute approximate surface area is 114 Å². The van der Waals surface area contributed by atoms with Crippen LogP contribution in [0.15, 0.2) is 24.3 Å². The Morgan fingerprint density at radius 1 is 1.26 bits per heavy atom. The molecular formula is C15H21N3O. The van der Waals surface area contributed by atoms with Gasteiger partial charge in [-0.05, 0) is 30.5 Å².